The Kier molecular flexibility index (Phi) is 4.24. The van der Waals surface area contributed by atoms with E-state index in [0.717, 1.165) is 0 Å². The summed E-state index contributed by atoms with van der Waals surface area (Å²) in [4.78, 5) is 0. The van der Waals surface area contributed by atoms with E-state index in [9.17, 15) is 0 Å². The molecule has 0 atom stereocenters. The first-order valence-electron chi connectivity index (χ1n) is 13.3. The van der Waals surface area contributed by atoms with Crippen LogP contribution >= 0.6 is 11.3 Å². The maximum Gasteiger partial charge on any atom is 0.0548 e. The highest BCUT2D eigenvalue weighted by atomic mass is 32.1. The number of benzene rings is 6. The molecule has 2 nitrogen and oxygen atoms in total. The molecule has 6 aromatic carbocycles. The molecule has 0 fully saturated rings. The first-order chi connectivity index (χ1) is 19.3. The number of hydrogen-bond donors (Lipinski definition) is 0. The van der Waals surface area contributed by atoms with Crippen LogP contribution in [-0.2, 0) is 0 Å². The number of hydrogen-bond acceptors (Lipinski definition) is 1. The van der Waals surface area contributed by atoms with Crippen LogP contribution in [0, 0.1) is 0 Å². The van der Waals surface area contributed by atoms with Gasteiger partial charge in [0, 0.05) is 53.1 Å². The van der Waals surface area contributed by atoms with Gasteiger partial charge in [-0.3, -0.25) is 0 Å². The second-order valence-corrected chi connectivity index (χ2v) is 11.3. The Morgan fingerprint density at radius 3 is 1.56 bits per heavy atom. The van der Waals surface area contributed by atoms with E-state index in [2.05, 4.69) is 143 Å². The lowest BCUT2D eigenvalue weighted by atomic mass is 10.1. The molecule has 182 valence electrons. The van der Waals surface area contributed by atoms with Crippen molar-refractivity contribution in [3.05, 3.63) is 133 Å². The maximum atomic E-state index is 2.45. The van der Waals surface area contributed by atoms with E-state index >= 15 is 0 Å². The molecule has 0 radical (unpaired) electrons. The number of fused-ring (bicyclic) bond motifs is 9. The Bertz CT molecular complexity index is 2390. The molecular formula is C36H22N2S. The third kappa shape index (κ3) is 2.91. The summed E-state index contributed by atoms with van der Waals surface area (Å²) in [6.07, 6.45) is 0. The van der Waals surface area contributed by atoms with Crippen LogP contribution in [0.1, 0.15) is 0 Å². The van der Waals surface area contributed by atoms with Crippen molar-refractivity contribution >= 4 is 75.1 Å². The van der Waals surface area contributed by atoms with Gasteiger partial charge in [-0.15, -0.1) is 11.3 Å². The van der Waals surface area contributed by atoms with Crippen molar-refractivity contribution in [2.24, 2.45) is 0 Å². The smallest absolute Gasteiger partial charge is 0.0548 e. The first-order valence-corrected chi connectivity index (χ1v) is 14.1. The molecular weight excluding hydrogens is 492 g/mol. The summed E-state index contributed by atoms with van der Waals surface area (Å²) in [6.45, 7) is 0. The van der Waals surface area contributed by atoms with Crippen LogP contribution in [-0.4, -0.2) is 9.13 Å². The topological polar surface area (TPSA) is 9.86 Å². The molecule has 3 heteroatoms. The van der Waals surface area contributed by atoms with E-state index in [4.69, 9.17) is 0 Å². The molecule has 0 saturated heterocycles. The van der Waals surface area contributed by atoms with Crippen molar-refractivity contribution in [1.29, 1.82) is 0 Å². The summed E-state index contributed by atoms with van der Waals surface area (Å²) in [5.41, 5.74) is 7.32. The molecule has 0 aliphatic heterocycles. The Labute approximate surface area is 228 Å². The molecule has 3 aromatic heterocycles. The predicted octanol–water partition coefficient (Wildman–Crippen LogP) is 10.2. The molecule has 0 unspecified atom stereocenters. The zero-order valence-electron chi connectivity index (χ0n) is 21.0. The Balaban J connectivity index is 1.41. The van der Waals surface area contributed by atoms with Crippen LogP contribution in [0.4, 0.5) is 0 Å². The summed E-state index contributed by atoms with van der Waals surface area (Å²) >= 11 is 1.87. The van der Waals surface area contributed by atoms with Crippen LogP contribution in [0.15, 0.2) is 133 Å². The van der Waals surface area contributed by atoms with Crippen LogP contribution in [0.5, 0.6) is 0 Å². The second kappa shape index (κ2) is 7.83. The van der Waals surface area contributed by atoms with Crippen LogP contribution in [0.25, 0.3) is 75.2 Å². The summed E-state index contributed by atoms with van der Waals surface area (Å²) in [7, 11) is 0. The van der Waals surface area contributed by atoms with E-state index < -0.39 is 0 Å². The Morgan fingerprint density at radius 1 is 0.333 bits per heavy atom. The van der Waals surface area contributed by atoms with Gasteiger partial charge >= 0.3 is 0 Å². The van der Waals surface area contributed by atoms with Gasteiger partial charge in [0.05, 0.1) is 22.1 Å². The lowest BCUT2D eigenvalue weighted by Gasteiger charge is -2.09. The van der Waals surface area contributed by atoms with Gasteiger partial charge < -0.3 is 9.13 Å². The van der Waals surface area contributed by atoms with Gasteiger partial charge in [0.1, 0.15) is 0 Å². The van der Waals surface area contributed by atoms with Gasteiger partial charge in [0.25, 0.3) is 0 Å². The van der Waals surface area contributed by atoms with E-state index in [1.165, 1.54) is 75.2 Å². The maximum absolute atomic E-state index is 2.45. The van der Waals surface area contributed by atoms with E-state index in [0.29, 0.717) is 0 Å². The van der Waals surface area contributed by atoms with Gasteiger partial charge in [0.15, 0.2) is 0 Å². The fourth-order valence-electron chi connectivity index (χ4n) is 6.42. The fourth-order valence-corrected chi connectivity index (χ4v) is 7.56. The minimum absolute atomic E-state index is 1.18. The van der Waals surface area contributed by atoms with E-state index in [1.54, 1.807) is 0 Å². The van der Waals surface area contributed by atoms with Gasteiger partial charge in [-0.25, -0.2) is 0 Å². The minimum Gasteiger partial charge on any atom is -0.309 e. The van der Waals surface area contributed by atoms with Gasteiger partial charge in [0.2, 0.25) is 0 Å². The molecule has 0 aliphatic rings. The van der Waals surface area contributed by atoms with Crippen LogP contribution < -0.4 is 0 Å². The third-order valence-corrected chi connectivity index (χ3v) is 9.23. The fraction of sp³-hybridized carbons (Fsp3) is 0. The minimum atomic E-state index is 1.18. The van der Waals surface area contributed by atoms with Crippen molar-refractivity contribution in [2.45, 2.75) is 0 Å². The van der Waals surface area contributed by atoms with Crippen molar-refractivity contribution in [1.82, 2.24) is 9.13 Å². The summed E-state index contributed by atoms with van der Waals surface area (Å²) in [5, 5.41) is 7.75. The van der Waals surface area contributed by atoms with Gasteiger partial charge in [-0.2, -0.15) is 0 Å². The lowest BCUT2D eigenvalue weighted by molar-refractivity contribution is 1.18. The number of thiophene rings is 1. The third-order valence-electron chi connectivity index (χ3n) is 8.10. The molecule has 0 aliphatic carbocycles. The van der Waals surface area contributed by atoms with Crippen molar-refractivity contribution in [3.63, 3.8) is 0 Å². The van der Waals surface area contributed by atoms with E-state index in [1.807, 2.05) is 11.3 Å². The van der Waals surface area contributed by atoms with Crippen molar-refractivity contribution < 1.29 is 0 Å². The molecule has 39 heavy (non-hydrogen) atoms. The highest BCUT2D eigenvalue weighted by molar-refractivity contribution is 7.25. The summed E-state index contributed by atoms with van der Waals surface area (Å²) in [5.74, 6) is 0. The summed E-state index contributed by atoms with van der Waals surface area (Å²) in [6, 6.07) is 48.7. The number of para-hydroxylation sites is 3. The SMILES string of the molecule is c1ccc(-n2c3ccccc3c3cc4c(cc32)c2ccccc2n4-c2ccc3c(c2)sc2ccccc23)cc1. The predicted molar refractivity (Wildman–Crippen MR) is 168 cm³/mol. The molecule has 0 bridgehead atoms. The van der Waals surface area contributed by atoms with Crippen LogP contribution in [0.3, 0.4) is 0 Å². The standard InChI is InChI=1S/C36H22N2S/c1-2-10-23(11-3-1)37-31-15-7-4-12-25(31)29-22-34-30(21-33(29)37)26-13-5-8-16-32(26)38(34)24-18-19-28-27-14-6-9-17-35(27)39-36(28)20-24/h1-22H. The highest BCUT2D eigenvalue weighted by Gasteiger charge is 2.18. The molecule has 0 amide bonds. The zero-order chi connectivity index (χ0) is 25.5. The van der Waals surface area contributed by atoms with Crippen molar-refractivity contribution in [3.8, 4) is 11.4 Å². The first kappa shape index (κ1) is 21.1. The Morgan fingerprint density at radius 2 is 0.872 bits per heavy atom. The van der Waals surface area contributed by atoms with Crippen LogP contribution in [0.2, 0.25) is 0 Å². The quantitative estimate of drug-likeness (QED) is 0.217. The number of aromatic nitrogens is 2. The largest absolute Gasteiger partial charge is 0.309 e. The van der Waals surface area contributed by atoms with Crippen molar-refractivity contribution in [2.75, 3.05) is 0 Å². The second-order valence-electron chi connectivity index (χ2n) is 10.2. The zero-order valence-corrected chi connectivity index (χ0v) is 21.8. The van der Waals surface area contributed by atoms with Gasteiger partial charge in [-0.05, 0) is 54.6 Å². The Hall–Kier alpha value is -4.86. The molecule has 0 N–H and O–H groups in total. The average Bonchev–Trinajstić information content (AvgIpc) is 3.63. The number of nitrogens with zero attached hydrogens (tertiary/aromatic N) is 2. The molecule has 9 rings (SSSR count). The highest BCUT2D eigenvalue weighted by Crippen LogP contribution is 2.41. The van der Waals surface area contributed by atoms with E-state index in [-0.39, 0.29) is 0 Å². The number of rotatable bonds is 2. The molecule has 3 heterocycles. The monoisotopic (exact) mass is 514 g/mol. The lowest BCUT2D eigenvalue weighted by Crippen LogP contribution is -1.94. The average molecular weight is 515 g/mol. The molecule has 0 spiro atoms. The molecule has 9 aromatic rings. The summed E-state index contributed by atoms with van der Waals surface area (Å²) < 4.78 is 7.51. The van der Waals surface area contributed by atoms with Gasteiger partial charge in [-0.1, -0.05) is 78.9 Å². The molecule has 0 saturated carbocycles. The normalized spacial score (nSPS) is 12.1.